The van der Waals surface area contributed by atoms with Crippen LogP contribution in [0.1, 0.15) is 27.7 Å². The molecule has 1 amide bonds. The van der Waals surface area contributed by atoms with Crippen LogP contribution in [0.4, 0.5) is 13.6 Å². The van der Waals surface area contributed by atoms with Crippen LogP contribution in [0.2, 0.25) is 0 Å². The Hall–Kier alpha value is -0.950. The van der Waals surface area contributed by atoms with Crippen LogP contribution in [0.5, 0.6) is 0 Å². The third-order valence-corrected chi connectivity index (χ3v) is 2.39. The number of nitrogens with zero attached hydrogens (tertiary/aromatic N) is 1. The van der Waals surface area contributed by atoms with Gasteiger partial charge >= 0.3 is 12.7 Å². The summed E-state index contributed by atoms with van der Waals surface area (Å²) in [7, 11) is 0. The van der Waals surface area contributed by atoms with Crippen molar-refractivity contribution in [2.75, 3.05) is 19.7 Å². The average Bonchev–Trinajstić information content (AvgIpc) is 2.23. The number of hydrogen-bond donors (Lipinski definition) is 0. The molecule has 0 saturated carbocycles. The SMILES string of the molecule is C[C@H]1CN(C(=O)OC(C)(C)C)C[C@H](COC(F)F)O1. The van der Waals surface area contributed by atoms with E-state index in [4.69, 9.17) is 9.47 Å². The molecule has 1 aliphatic heterocycles. The molecule has 0 aromatic heterocycles. The lowest BCUT2D eigenvalue weighted by Crippen LogP contribution is -2.51. The van der Waals surface area contributed by atoms with Gasteiger partial charge in [0, 0.05) is 0 Å². The Labute approximate surface area is 111 Å². The zero-order valence-electron chi connectivity index (χ0n) is 11.7. The second-order valence-electron chi connectivity index (χ2n) is 5.55. The van der Waals surface area contributed by atoms with Crippen LogP contribution in [0.15, 0.2) is 0 Å². The van der Waals surface area contributed by atoms with Crippen LogP contribution in [0.3, 0.4) is 0 Å². The topological polar surface area (TPSA) is 48.0 Å². The first-order valence-electron chi connectivity index (χ1n) is 6.20. The maximum Gasteiger partial charge on any atom is 0.410 e. The Balaban J connectivity index is 2.52. The Morgan fingerprint density at radius 3 is 2.58 bits per heavy atom. The van der Waals surface area contributed by atoms with Crippen molar-refractivity contribution in [3.05, 3.63) is 0 Å². The number of carbonyl (C=O) groups is 1. The van der Waals surface area contributed by atoms with Gasteiger partial charge in [-0.15, -0.1) is 0 Å². The molecule has 1 aliphatic rings. The van der Waals surface area contributed by atoms with Crippen molar-refractivity contribution in [1.82, 2.24) is 4.90 Å². The maximum absolute atomic E-state index is 12.0. The highest BCUT2D eigenvalue weighted by Crippen LogP contribution is 2.16. The second-order valence-corrected chi connectivity index (χ2v) is 5.55. The minimum atomic E-state index is -2.84. The number of rotatable bonds is 3. The smallest absolute Gasteiger partial charge is 0.410 e. The van der Waals surface area contributed by atoms with Crippen molar-refractivity contribution in [2.24, 2.45) is 0 Å². The summed E-state index contributed by atoms with van der Waals surface area (Å²) in [4.78, 5) is 13.4. The highest BCUT2D eigenvalue weighted by Gasteiger charge is 2.31. The Morgan fingerprint density at radius 1 is 1.42 bits per heavy atom. The highest BCUT2D eigenvalue weighted by atomic mass is 19.3. The highest BCUT2D eigenvalue weighted by molar-refractivity contribution is 5.68. The van der Waals surface area contributed by atoms with Crippen molar-refractivity contribution >= 4 is 6.09 Å². The molecule has 0 bridgehead atoms. The number of hydrogen-bond acceptors (Lipinski definition) is 4. The summed E-state index contributed by atoms with van der Waals surface area (Å²) in [6.45, 7) is 4.56. The summed E-state index contributed by atoms with van der Waals surface area (Å²) in [6, 6.07) is 0. The fraction of sp³-hybridized carbons (Fsp3) is 0.917. The van der Waals surface area contributed by atoms with E-state index in [0.29, 0.717) is 6.54 Å². The summed E-state index contributed by atoms with van der Waals surface area (Å²) in [6.07, 6.45) is -1.28. The first-order chi connectivity index (χ1) is 8.67. The van der Waals surface area contributed by atoms with Crippen LogP contribution in [-0.4, -0.2) is 55.1 Å². The van der Waals surface area contributed by atoms with E-state index < -0.39 is 24.4 Å². The molecule has 0 N–H and O–H groups in total. The predicted octanol–water partition coefficient (Wildman–Crippen LogP) is 2.25. The molecule has 0 aliphatic carbocycles. The molecule has 0 spiro atoms. The van der Waals surface area contributed by atoms with Gasteiger partial charge in [0.25, 0.3) is 0 Å². The summed E-state index contributed by atoms with van der Waals surface area (Å²) in [5.74, 6) is 0. The van der Waals surface area contributed by atoms with E-state index in [1.807, 2.05) is 0 Å². The molecule has 1 rings (SSSR count). The number of ether oxygens (including phenoxy) is 3. The van der Waals surface area contributed by atoms with Gasteiger partial charge in [-0.3, -0.25) is 0 Å². The Morgan fingerprint density at radius 2 is 2.05 bits per heavy atom. The number of halogens is 2. The van der Waals surface area contributed by atoms with Crippen LogP contribution in [-0.2, 0) is 14.2 Å². The fourth-order valence-corrected chi connectivity index (χ4v) is 1.79. The summed E-state index contributed by atoms with van der Waals surface area (Å²) in [5.41, 5.74) is -0.590. The van der Waals surface area contributed by atoms with E-state index in [0.717, 1.165) is 0 Å². The molecule has 0 unspecified atom stereocenters. The Kier molecular flexibility index (Phi) is 5.49. The predicted molar refractivity (Wildman–Crippen MR) is 64.1 cm³/mol. The number of carbonyl (C=O) groups excluding carboxylic acids is 1. The lowest BCUT2D eigenvalue weighted by molar-refractivity contribution is -0.174. The molecule has 0 radical (unpaired) electrons. The van der Waals surface area contributed by atoms with E-state index in [2.05, 4.69) is 4.74 Å². The molecule has 19 heavy (non-hydrogen) atoms. The molecule has 112 valence electrons. The number of morpholine rings is 1. The van der Waals surface area contributed by atoms with Crippen LogP contribution < -0.4 is 0 Å². The molecule has 5 nitrogen and oxygen atoms in total. The van der Waals surface area contributed by atoms with Gasteiger partial charge in [-0.2, -0.15) is 8.78 Å². The van der Waals surface area contributed by atoms with Gasteiger partial charge in [-0.05, 0) is 27.7 Å². The van der Waals surface area contributed by atoms with E-state index in [9.17, 15) is 13.6 Å². The van der Waals surface area contributed by atoms with Gasteiger partial charge in [0.1, 0.15) is 5.60 Å². The second kappa shape index (κ2) is 6.47. The van der Waals surface area contributed by atoms with Gasteiger partial charge < -0.3 is 19.1 Å². The largest absolute Gasteiger partial charge is 0.444 e. The average molecular weight is 281 g/mol. The molecule has 0 aromatic rings. The van der Waals surface area contributed by atoms with Gasteiger partial charge in [-0.1, -0.05) is 0 Å². The minimum Gasteiger partial charge on any atom is -0.444 e. The van der Waals surface area contributed by atoms with E-state index in [1.165, 1.54) is 4.90 Å². The molecule has 7 heteroatoms. The first-order valence-corrected chi connectivity index (χ1v) is 6.20. The van der Waals surface area contributed by atoms with Crippen LogP contribution in [0, 0.1) is 0 Å². The van der Waals surface area contributed by atoms with E-state index in [1.54, 1.807) is 27.7 Å². The summed E-state index contributed by atoms with van der Waals surface area (Å²) in [5, 5.41) is 0. The Bertz CT molecular complexity index is 307. The summed E-state index contributed by atoms with van der Waals surface area (Å²) < 4.78 is 38.9. The normalized spacial score (nSPS) is 24.7. The zero-order valence-corrected chi connectivity index (χ0v) is 11.7. The standard InChI is InChI=1S/C12H21F2NO4/c1-8-5-15(11(16)19-12(2,3)4)6-9(18-8)7-17-10(13)14/h8-10H,5-7H2,1-4H3/t8-,9+/m0/s1. The third-order valence-electron chi connectivity index (χ3n) is 2.39. The van der Waals surface area contributed by atoms with Gasteiger partial charge in [0.2, 0.25) is 0 Å². The molecule has 1 saturated heterocycles. The summed E-state index contributed by atoms with van der Waals surface area (Å²) >= 11 is 0. The molecule has 2 atom stereocenters. The molecule has 0 aromatic carbocycles. The third kappa shape index (κ3) is 6.15. The molecular weight excluding hydrogens is 260 g/mol. The van der Waals surface area contributed by atoms with Gasteiger partial charge in [0.05, 0.1) is 31.9 Å². The fourth-order valence-electron chi connectivity index (χ4n) is 1.79. The van der Waals surface area contributed by atoms with E-state index in [-0.39, 0.29) is 19.3 Å². The van der Waals surface area contributed by atoms with E-state index >= 15 is 0 Å². The number of alkyl halides is 2. The lowest BCUT2D eigenvalue weighted by Gasteiger charge is -2.37. The van der Waals surface area contributed by atoms with Crippen molar-refractivity contribution in [2.45, 2.75) is 52.1 Å². The number of amides is 1. The minimum absolute atomic E-state index is 0.186. The molecular formula is C12H21F2NO4. The van der Waals surface area contributed by atoms with Crippen molar-refractivity contribution in [3.63, 3.8) is 0 Å². The van der Waals surface area contributed by atoms with Crippen molar-refractivity contribution in [1.29, 1.82) is 0 Å². The zero-order chi connectivity index (χ0) is 14.6. The molecule has 1 fully saturated rings. The van der Waals surface area contributed by atoms with Crippen LogP contribution in [0.25, 0.3) is 0 Å². The van der Waals surface area contributed by atoms with Crippen molar-refractivity contribution in [3.8, 4) is 0 Å². The monoisotopic (exact) mass is 281 g/mol. The first kappa shape index (κ1) is 16.1. The lowest BCUT2D eigenvalue weighted by atomic mass is 10.2. The quantitative estimate of drug-likeness (QED) is 0.796. The van der Waals surface area contributed by atoms with Crippen molar-refractivity contribution < 1.29 is 27.8 Å². The van der Waals surface area contributed by atoms with Crippen LogP contribution >= 0.6 is 0 Å². The maximum atomic E-state index is 12.0. The van der Waals surface area contributed by atoms with Gasteiger partial charge in [-0.25, -0.2) is 4.79 Å². The van der Waals surface area contributed by atoms with Gasteiger partial charge in [0.15, 0.2) is 0 Å². The molecule has 1 heterocycles.